The van der Waals surface area contributed by atoms with Gasteiger partial charge in [-0.05, 0) is 32.0 Å². The number of hydrogen-bond acceptors (Lipinski definition) is 4. The molecule has 0 saturated heterocycles. The van der Waals surface area contributed by atoms with Gasteiger partial charge < -0.3 is 9.88 Å². The highest BCUT2D eigenvalue weighted by atomic mass is 16.1. The molecule has 0 atom stereocenters. The number of aromatic nitrogens is 4. The number of amides is 1. The van der Waals surface area contributed by atoms with E-state index in [2.05, 4.69) is 20.3 Å². The maximum Gasteiger partial charge on any atom is 0.222 e. The van der Waals surface area contributed by atoms with Crippen molar-refractivity contribution in [1.82, 2.24) is 24.8 Å². The average molecular weight is 309 g/mol. The zero-order chi connectivity index (χ0) is 16.2. The fourth-order valence-corrected chi connectivity index (χ4v) is 2.55. The molecule has 118 valence electrons. The van der Waals surface area contributed by atoms with E-state index in [0.29, 0.717) is 25.3 Å². The fraction of sp³-hybridized carbons (Fsp3) is 0.294. The van der Waals surface area contributed by atoms with Gasteiger partial charge in [-0.1, -0.05) is 12.1 Å². The van der Waals surface area contributed by atoms with E-state index in [1.807, 2.05) is 48.7 Å². The highest BCUT2D eigenvalue weighted by Gasteiger charge is 2.06. The molecular weight excluding hydrogens is 290 g/mol. The highest BCUT2D eigenvalue weighted by molar-refractivity contribution is 5.77. The first kappa shape index (κ1) is 15.1. The van der Waals surface area contributed by atoms with Crippen LogP contribution in [0.3, 0.4) is 0 Å². The lowest BCUT2D eigenvalue weighted by molar-refractivity contribution is -0.121. The summed E-state index contributed by atoms with van der Waals surface area (Å²) in [6, 6.07) is 9.80. The van der Waals surface area contributed by atoms with E-state index in [1.54, 1.807) is 6.33 Å². The van der Waals surface area contributed by atoms with E-state index in [1.165, 1.54) is 0 Å². The molecule has 3 rings (SSSR count). The number of rotatable bonds is 5. The van der Waals surface area contributed by atoms with Gasteiger partial charge in [0.2, 0.25) is 5.91 Å². The number of carbonyl (C=O) groups excluding carboxylic acids is 1. The number of nitrogens with one attached hydrogen (secondary N) is 1. The molecule has 0 bridgehead atoms. The van der Waals surface area contributed by atoms with E-state index < -0.39 is 0 Å². The molecule has 0 unspecified atom stereocenters. The SMILES string of the molecule is Cc1cc(C)nc(CNC(=O)CCn2cnc3ccccc32)n1. The summed E-state index contributed by atoms with van der Waals surface area (Å²) < 4.78 is 1.99. The van der Waals surface area contributed by atoms with E-state index >= 15 is 0 Å². The predicted molar refractivity (Wildman–Crippen MR) is 87.7 cm³/mol. The summed E-state index contributed by atoms with van der Waals surface area (Å²) in [6.45, 7) is 4.79. The second-order valence-corrected chi connectivity index (χ2v) is 5.52. The van der Waals surface area contributed by atoms with Gasteiger partial charge in [-0.2, -0.15) is 0 Å². The largest absolute Gasteiger partial charge is 0.349 e. The molecule has 0 aliphatic heterocycles. The predicted octanol–water partition coefficient (Wildman–Crippen LogP) is 2.15. The van der Waals surface area contributed by atoms with Gasteiger partial charge in [0.1, 0.15) is 5.82 Å². The van der Waals surface area contributed by atoms with Crippen LogP contribution in [-0.2, 0) is 17.9 Å². The third kappa shape index (κ3) is 3.71. The number of para-hydroxylation sites is 2. The van der Waals surface area contributed by atoms with Gasteiger partial charge in [0.05, 0.1) is 23.9 Å². The molecule has 0 aliphatic carbocycles. The summed E-state index contributed by atoms with van der Waals surface area (Å²) in [4.78, 5) is 25.0. The summed E-state index contributed by atoms with van der Waals surface area (Å²) in [7, 11) is 0. The van der Waals surface area contributed by atoms with Gasteiger partial charge in [-0.3, -0.25) is 4.79 Å². The Labute approximate surface area is 134 Å². The number of imidazole rings is 1. The van der Waals surface area contributed by atoms with Gasteiger partial charge in [-0.25, -0.2) is 15.0 Å². The molecule has 3 aromatic rings. The van der Waals surface area contributed by atoms with Gasteiger partial charge in [0, 0.05) is 24.4 Å². The van der Waals surface area contributed by atoms with Gasteiger partial charge in [0.25, 0.3) is 0 Å². The number of nitrogens with zero attached hydrogens (tertiary/aromatic N) is 4. The van der Waals surface area contributed by atoms with Crippen molar-refractivity contribution >= 4 is 16.9 Å². The number of carbonyl (C=O) groups is 1. The first-order valence-electron chi connectivity index (χ1n) is 7.59. The number of hydrogen-bond donors (Lipinski definition) is 1. The van der Waals surface area contributed by atoms with Crippen LogP contribution in [0.4, 0.5) is 0 Å². The number of fused-ring (bicyclic) bond motifs is 1. The van der Waals surface area contributed by atoms with Crippen molar-refractivity contribution in [3.63, 3.8) is 0 Å². The summed E-state index contributed by atoms with van der Waals surface area (Å²) in [5.74, 6) is 0.620. The van der Waals surface area contributed by atoms with Crippen molar-refractivity contribution < 1.29 is 4.79 Å². The lowest BCUT2D eigenvalue weighted by atomic mass is 10.3. The Hall–Kier alpha value is -2.76. The Morgan fingerprint density at radius 1 is 1.17 bits per heavy atom. The molecule has 0 fully saturated rings. The monoisotopic (exact) mass is 309 g/mol. The maximum absolute atomic E-state index is 12.0. The second kappa shape index (κ2) is 6.56. The third-order valence-electron chi connectivity index (χ3n) is 3.58. The Bertz CT molecular complexity index is 820. The molecule has 0 radical (unpaired) electrons. The minimum absolute atomic E-state index is 0.0226. The zero-order valence-electron chi connectivity index (χ0n) is 13.3. The van der Waals surface area contributed by atoms with E-state index in [4.69, 9.17) is 0 Å². The zero-order valence-corrected chi connectivity index (χ0v) is 13.3. The smallest absolute Gasteiger partial charge is 0.222 e. The van der Waals surface area contributed by atoms with Gasteiger partial charge >= 0.3 is 0 Å². The maximum atomic E-state index is 12.0. The van der Waals surface area contributed by atoms with Crippen molar-refractivity contribution in [3.8, 4) is 0 Å². The molecule has 23 heavy (non-hydrogen) atoms. The Kier molecular flexibility index (Phi) is 4.32. The van der Waals surface area contributed by atoms with Crippen molar-refractivity contribution in [2.45, 2.75) is 33.4 Å². The third-order valence-corrected chi connectivity index (χ3v) is 3.58. The fourth-order valence-electron chi connectivity index (χ4n) is 2.55. The van der Waals surface area contributed by atoms with Crippen molar-refractivity contribution in [2.24, 2.45) is 0 Å². The van der Waals surface area contributed by atoms with E-state index in [9.17, 15) is 4.79 Å². The van der Waals surface area contributed by atoms with Crippen LogP contribution in [0.2, 0.25) is 0 Å². The van der Waals surface area contributed by atoms with Crippen LogP contribution in [0.15, 0.2) is 36.7 Å². The molecule has 0 aliphatic rings. The quantitative estimate of drug-likeness (QED) is 0.784. The summed E-state index contributed by atoms with van der Waals surface area (Å²) in [5, 5.41) is 2.87. The van der Waals surface area contributed by atoms with Crippen molar-refractivity contribution in [1.29, 1.82) is 0 Å². The molecule has 1 aromatic carbocycles. The van der Waals surface area contributed by atoms with Gasteiger partial charge in [-0.15, -0.1) is 0 Å². The number of aryl methyl sites for hydroxylation is 3. The van der Waals surface area contributed by atoms with Crippen LogP contribution in [0.1, 0.15) is 23.6 Å². The summed E-state index contributed by atoms with van der Waals surface area (Å²) in [5.41, 5.74) is 3.80. The van der Waals surface area contributed by atoms with Gasteiger partial charge in [0.15, 0.2) is 0 Å². The normalized spacial score (nSPS) is 10.9. The summed E-state index contributed by atoms with van der Waals surface area (Å²) >= 11 is 0. The minimum atomic E-state index is -0.0226. The Morgan fingerprint density at radius 3 is 2.70 bits per heavy atom. The molecule has 2 aromatic heterocycles. The summed E-state index contributed by atoms with van der Waals surface area (Å²) in [6.07, 6.45) is 2.16. The van der Waals surface area contributed by atoms with Crippen molar-refractivity contribution in [3.05, 3.63) is 53.9 Å². The Balaban J connectivity index is 1.55. The standard InChI is InChI=1S/C17H19N5O/c1-12-9-13(2)21-16(20-12)10-18-17(23)7-8-22-11-19-14-5-3-4-6-15(14)22/h3-6,9,11H,7-8,10H2,1-2H3,(H,18,23). The molecule has 0 spiro atoms. The van der Waals surface area contributed by atoms with Crippen molar-refractivity contribution in [2.75, 3.05) is 0 Å². The lowest BCUT2D eigenvalue weighted by Gasteiger charge is -2.07. The lowest BCUT2D eigenvalue weighted by Crippen LogP contribution is -2.25. The molecule has 6 nitrogen and oxygen atoms in total. The van der Waals surface area contributed by atoms with Crippen LogP contribution >= 0.6 is 0 Å². The molecule has 1 N–H and O–H groups in total. The molecule has 6 heteroatoms. The van der Waals surface area contributed by atoms with Crippen LogP contribution in [0, 0.1) is 13.8 Å². The molecule has 0 saturated carbocycles. The van der Waals surface area contributed by atoms with Crippen LogP contribution in [0.25, 0.3) is 11.0 Å². The average Bonchev–Trinajstić information content (AvgIpc) is 2.93. The van der Waals surface area contributed by atoms with Crippen LogP contribution in [-0.4, -0.2) is 25.4 Å². The first-order chi connectivity index (χ1) is 11.1. The molecule has 2 heterocycles. The topological polar surface area (TPSA) is 72.7 Å². The molecule has 1 amide bonds. The molecular formula is C17H19N5O. The Morgan fingerprint density at radius 2 is 1.91 bits per heavy atom. The van der Waals surface area contributed by atoms with Crippen LogP contribution in [0.5, 0.6) is 0 Å². The first-order valence-corrected chi connectivity index (χ1v) is 7.59. The second-order valence-electron chi connectivity index (χ2n) is 5.52. The van der Waals surface area contributed by atoms with E-state index in [0.717, 1.165) is 22.4 Å². The van der Waals surface area contributed by atoms with E-state index in [-0.39, 0.29) is 5.91 Å². The highest BCUT2D eigenvalue weighted by Crippen LogP contribution is 2.12. The van der Waals surface area contributed by atoms with Crippen LogP contribution < -0.4 is 5.32 Å². The minimum Gasteiger partial charge on any atom is -0.349 e. The number of benzene rings is 1.